The van der Waals surface area contributed by atoms with Crippen LogP contribution in [0.4, 0.5) is 24.0 Å². The zero-order valence-electron chi connectivity index (χ0n) is 14.8. The van der Waals surface area contributed by atoms with Crippen LogP contribution in [-0.4, -0.2) is 34.6 Å². The Morgan fingerprint density at radius 3 is 2.41 bits per heavy atom. The van der Waals surface area contributed by atoms with Crippen molar-refractivity contribution in [3.63, 3.8) is 0 Å². The molecule has 11 heteroatoms. The number of nitrogens with zero attached hydrogens (tertiary/aromatic N) is 2. The minimum Gasteiger partial charge on any atom is -0.457 e. The van der Waals surface area contributed by atoms with Crippen molar-refractivity contribution in [3.05, 3.63) is 54.6 Å². The Kier molecular flexibility index (Phi) is 6.94. The number of hydrogen-bond donors (Lipinski definition) is 2. The fraction of sp³-hybridized carbons (Fsp3) is 0.167. The van der Waals surface area contributed by atoms with E-state index in [9.17, 15) is 18.0 Å². The molecule has 0 unspecified atom stereocenters. The summed E-state index contributed by atoms with van der Waals surface area (Å²) in [7, 11) is 0. The number of halogens is 3. The number of rotatable bonds is 8. The summed E-state index contributed by atoms with van der Waals surface area (Å²) in [6, 6.07) is 16.6. The van der Waals surface area contributed by atoms with Crippen LogP contribution in [-0.2, 0) is 4.79 Å². The first-order valence-electron chi connectivity index (χ1n) is 8.27. The third kappa shape index (κ3) is 7.27. The highest BCUT2D eigenvalue weighted by molar-refractivity contribution is 8.01. The molecule has 29 heavy (non-hydrogen) atoms. The lowest BCUT2D eigenvalue weighted by molar-refractivity contribution is -0.136. The molecule has 6 nitrogen and oxygen atoms in total. The number of ether oxygens (including phenoxy) is 1. The quantitative estimate of drug-likeness (QED) is 0.488. The first-order valence-corrected chi connectivity index (χ1v) is 10.1. The Bertz CT molecular complexity index is 934. The summed E-state index contributed by atoms with van der Waals surface area (Å²) in [5.74, 6) is 0.528. The van der Waals surface area contributed by atoms with Gasteiger partial charge in [-0.2, -0.15) is 13.2 Å². The third-order valence-electron chi connectivity index (χ3n) is 3.30. The molecule has 1 aromatic heterocycles. The van der Waals surface area contributed by atoms with E-state index < -0.39 is 18.6 Å². The Morgan fingerprint density at radius 1 is 1.03 bits per heavy atom. The Balaban J connectivity index is 1.48. The van der Waals surface area contributed by atoms with Gasteiger partial charge in [0.1, 0.15) is 18.0 Å². The first-order chi connectivity index (χ1) is 13.9. The number of alkyl halides is 3. The van der Waals surface area contributed by atoms with Crippen LogP contribution in [0, 0.1) is 0 Å². The zero-order valence-corrected chi connectivity index (χ0v) is 16.4. The maximum Gasteiger partial charge on any atom is 0.405 e. The molecule has 0 atom stereocenters. The van der Waals surface area contributed by atoms with Crippen molar-refractivity contribution in [2.45, 2.75) is 10.5 Å². The fourth-order valence-electron chi connectivity index (χ4n) is 2.05. The lowest BCUT2D eigenvalue weighted by atomic mass is 10.3. The van der Waals surface area contributed by atoms with Gasteiger partial charge in [0.05, 0.1) is 5.75 Å². The van der Waals surface area contributed by atoms with E-state index in [4.69, 9.17) is 4.74 Å². The maximum atomic E-state index is 12.1. The van der Waals surface area contributed by atoms with Crippen LogP contribution in [0.25, 0.3) is 0 Å². The van der Waals surface area contributed by atoms with Gasteiger partial charge < -0.3 is 15.4 Å². The highest BCUT2D eigenvalue weighted by Crippen LogP contribution is 2.29. The Labute approximate surface area is 172 Å². The molecule has 2 aromatic carbocycles. The van der Waals surface area contributed by atoms with Gasteiger partial charge in [-0.1, -0.05) is 41.3 Å². The van der Waals surface area contributed by atoms with Gasteiger partial charge in [-0.3, -0.25) is 4.79 Å². The molecule has 0 aliphatic carbocycles. The second-order valence-electron chi connectivity index (χ2n) is 5.62. The average Bonchev–Trinajstić information content (AvgIpc) is 3.14. The van der Waals surface area contributed by atoms with Gasteiger partial charge in [0.2, 0.25) is 11.0 Å². The number of carbonyl (C=O) groups excluding carboxylic acids is 1. The lowest BCUT2D eigenvalue weighted by Gasteiger charge is -2.07. The van der Waals surface area contributed by atoms with E-state index in [-0.39, 0.29) is 5.75 Å². The molecule has 3 rings (SSSR count). The van der Waals surface area contributed by atoms with Crippen molar-refractivity contribution < 1.29 is 22.7 Å². The molecule has 0 aliphatic heterocycles. The summed E-state index contributed by atoms with van der Waals surface area (Å²) in [5, 5.41) is 13.2. The number of nitrogens with one attached hydrogen (secondary N) is 2. The fourth-order valence-corrected chi connectivity index (χ4v) is 3.65. The van der Waals surface area contributed by atoms with Crippen molar-refractivity contribution in [2.24, 2.45) is 0 Å². The van der Waals surface area contributed by atoms with Crippen molar-refractivity contribution in [3.8, 4) is 11.5 Å². The molecule has 0 saturated heterocycles. The molecule has 2 N–H and O–H groups in total. The second-order valence-corrected chi connectivity index (χ2v) is 7.82. The number of hydrogen-bond acceptors (Lipinski definition) is 7. The monoisotopic (exact) mass is 440 g/mol. The SMILES string of the molecule is O=C(CSc1nnc(Nc2ccc(Oc3ccccc3)cc2)s1)NCC(F)(F)F. The van der Waals surface area contributed by atoms with Crippen molar-refractivity contribution in [1.82, 2.24) is 15.5 Å². The van der Waals surface area contributed by atoms with E-state index in [2.05, 4.69) is 15.5 Å². The van der Waals surface area contributed by atoms with Crippen LogP contribution in [0.3, 0.4) is 0 Å². The molecule has 1 amide bonds. The molecule has 0 spiro atoms. The highest BCUT2D eigenvalue weighted by Gasteiger charge is 2.27. The van der Waals surface area contributed by atoms with Crippen LogP contribution >= 0.6 is 23.1 Å². The topological polar surface area (TPSA) is 76.1 Å². The molecular weight excluding hydrogens is 425 g/mol. The number of thioether (sulfide) groups is 1. The largest absolute Gasteiger partial charge is 0.457 e. The normalized spacial score (nSPS) is 11.1. The number of carbonyl (C=O) groups is 1. The van der Waals surface area contributed by atoms with Crippen LogP contribution in [0.15, 0.2) is 58.9 Å². The Morgan fingerprint density at radius 2 is 1.72 bits per heavy atom. The van der Waals surface area contributed by atoms with Gasteiger partial charge in [-0.15, -0.1) is 10.2 Å². The summed E-state index contributed by atoms with van der Waals surface area (Å²) >= 11 is 2.22. The number of amides is 1. The average molecular weight is 440 g/mol. The van der Waals surface area contributed by atoms with Gasteiger partial charge in [0, 0.05) is 5.69 Å². The van der Waals surface area contributed by atoms with E-state index in [1.54, 1.807) is 17.4 Å². The number of para-hydroxylation sites is 1. The molecule has 0 fully saturated rings. The molecule has 3 aromatic rings. The van der Waals surface area contributed by atoms with E-state index in [1.807, 2.05) is 42.5 Å². The van der Waals surface area contributed by atoms with Crippen LogP contribution in [0.1, 0.15) is 0 Å². The molecule has 152 valence electrons. The summed E-state index contributed by atoms with van der Waals surface area (Å²) in [6.07, 6.45) is -4.43. The van der Waals surface area contributed by atoms with Crippen molar-refractivity contribution >= 4 is 39.8 Å². The van der Waals surface area contributed by atoms with Crippen molar-refractivity contribution in [1.29, 1.82) is 0 Å². The number of aromatic nitrogens is 2. The maximum absolute atomic E-state index is 12.1. The van der Waals surface area contributed by atoms with Gasteiger partial charge in [0.25, 0.3) is 0 Å². The molecule has 0 radical (unpaired) electrons. The number of benzene rings is 2. The van der Waals surface area contributed by atoms with Crippen LogP contribution in [0.5, 0.6) is 11.5 Å². The predicted molar refractivity (Wildman–Crippen MR) is 106 cm³/mol. The van der Waals surface area contributed by atoms with E-state index >= 15 is 0 Å². The minimum absolute atomic E-state index is 0.170. The van der Waals surface area contributed by atoms with E-state index in [0.717, 1.165) is 23.2 Å². The summed E-state index contributed by atoms with van der Waals surface area (Å²) in [5.41, 5.74) is 0.765. The van der Waals surface area contributed by atoms with Crippen LogP contribution in [0.2, 0.25) is 0 Å². The summed E-state index contributed by atoms with van der Waals surface area (Å²) in [6.45, 7) is -1.35. The van der Waals surface area contributed by atoms with Gasteiger partial charge in [-0.05, 0) is 36.4 Å². The van der Waals surface area contributed by atoms with Gasteiger partial charge in [0.15, 0.2) is 4.34 Å². The van der Waals surface area contributed by atoms with E-state index in [1.165, 1.54) is 11.3 Å². The van der Waals surface area contributed by atoms with Crippen LogP contribution < -0.4 is 15.4 Å². The highest BCUT2D eigenvalue weighted by atomic mass is 32.2. The second kappa shape index (κ2) is 9.61. The minimum atomic E-state index is -4.43. The number of anilines is 2. The zero-order chi connectivity index (χ0) is 20.7. The predicted octanol–water partition coefficient (Wildman–Crippen LogP) is 4.84. The Hall–Kier alpha value is -2.79. The molecule has 0 aliphatic rings. The smallest absolute Gasteiger partial charge is 0.405 e. The molecule has 0 saturated carbocycles. The van der Waals surface area contributed by atoms with Gasteiger partial charge >= 0.3 is 6.18 Å². The molecule has 1 heterocycles. The molecule has 0 bridgehead atoms. The van der Waals surface area contributed by atoms with Gasteiger partial charge in [-0.25, -0.2) is 0 Å². The summed E-state index contributed by atoms with van der Waals surface area (Å²) in [4.78, 5) is 11.4. The first kappa shape index (κ1) is 20.9. The molecular formula is C18H15F3N4O2S2. The summed E-state index contributed by atoms with van der Waals surface area (Å²) < 4.78 is 42.4. The standard InChI is InChI=1S/C18H15F3N4O2S2/c19-18(20,21)11-22-15(26)10-28-17-25-24-16(29-17)23-12-6-8-14(9-7-12)27-13-4-2-1-3-5-13/h1-9H,10-11H2,(H,22,26)(H,23,24). The third-order valence-corrected chi connectivity index (χ3v) is 5.28. The van der Waals surface area contributed by atoms with E-state index in [0.29, 0.717) is 15.2 Å². The lowest BCUT2D eigenvalue weighted by Crippen LogP contribution is -2.34. The van der Waals surface area contributed by atoms with Crippen molar-refractivity contribution in [2.75, 3.05) is 17.6 Å².